The van der Waals surface area contributed by atoms with Gasteiger partial charge in [-0.2, -0.15) is 0 Å². The van der Waals surface area contributed by atoms with Crippen molar-refractivity contribution in [3.63, 3.8) is 0 Å². The van der Waals surface area contributed by atoms with Gasteiger partial charge in [0.2, 0.25) is 0 Å². The van der Waals surface area contributed by atoms with Gasteiger partial charge in [-0.25, -0.2) is 9.59 Å². The predicted octanol–water partition coefficient (Wildman–Crippen LogP) is 1.45. The van der Waals surface area contributed by atoms with Gasteiger partial charge in [0.05, 0.1) is 12.1 Å². The van der Waals surface area contributed by atoms with Gasteiger partial charge in [0.25, 0.3) is 0 Å². The minimum absolute atomic E-state index is 0.000762. The van der Waals surface area contributed by atoms with Crippen molar-refractivity contribution in [1.29, 1.82) is 0 Å². The van der Waals surface area contributed by atoms with Crippen LogP contribution in [0.5, 0.6) is 0 Å². The zero-order chi connectivity index (χ0) is 14.7. The Morgan fingerprint density at radius 1 is 1.25 bits per heavy atom. The first-order valence-electron chi connectivity index (χ1n) is 7.37. The third kappa shape index (κ3) is 3.06. The van der Waals surface area contributed by atoms with Crippen LogP contribution >= 0.6 is 0 Å². The lowest BCUT2D eigenvalue weighted by atomic mass is 9.91. The second kappa shape index (κ2) is 6.43. The molecule has 6 heteroatoms. The van der Waals surface area contributed by atoms with Gasteiger partial charge in [0, 0.05) is 13.7 Å². The molecule has 0 aromatic carbocycles. The molecule has 1 saturated carbocycles. The van der Waals surface area contributed by atoms with Gasteiger partial charge < -0.3 is 20.1 Å². The molecule has 1 heterocycles. The number of amides is 2. The fourth-order valence-corrected chi connectivity index (χ4v) is 3.41. The summed E-state index contributed by atoms with van der Waals surface area (Å²) in [6.07, 6.45) is 4.62. The Hall–Kier alpha value is -1.30. The van der Waals surface area contributed by atoms with Crippen LogP contribution in [-0.4, -0.2) is 53.8 Å². The Bertz CT molecular complexity index is 374. The number of carboxylic acid groups (broad SMARTS) is 1. The maximum absolute atomic E-state index is 12.4. The highest BCUT2D eigenvalue weighted by Crippen LogP contribution is 2.25. The largest absolute Gasteiger partial charge is 0.480 e. The molecule has 6 nitrogen and oxygen atoms in total. The molecule has 2 amide bonds. The third-order valence-corrected chi connectivity index (χ3v) is 4.51. The minimum Gasteiger partial charge on any atom is -0.480 e. The highest BCUT2D eigenvalue weighted by Gasteiger charge is 2.38. The number of urea groups is 1. The van der Waals surface area contributed by atoms with E-state index in [9.17, 15) is 14.7 Å². The lowest BCUT2D eigenvalue weighted by molar-refractivity contribution is -0.145. The Labute approximate surface area is 119 Å². The summed E-state index contributed by atoms with van der Waals surface area (Å²) in [5.41, 5.74) is 0. The van der Waals surface area contributed by atoms with E-state index in [1.54, 1.807) is 7.11 Å². The first-order valence-corrected chi connectivity index (χ1v) is 7.37. The quantitative estimate of drug-likeness (QED) is 0.822. The van der Waals surface area contributed by atoms with Gasteiger partial charge in [0.1, 0.15) is 6.04 Å². The number of nitrogens with zero attached hydrogens (tertiary/aromatic N) is 1. The number of hydrogen-bond acceptors (Lipinski definition) is 3. The zero-order valence-corrected chi connectivity index (χ0v) is 12.2. The SMILES string of the molecule is COC1CCCC1NC(=O)N1CCCC(C)C1C(=O)O. The van der Waals surface area contributed by atoms with Crippen molar-refractivity contribution in [2.45, 2.75) is 57.2 Å². The molecule has 1 aliphatic heterocycles. The Kier molecular flexibility index (Phi) is 4.86. The lowest BCUT2D eigenvalue weighted by Gasteiger charge is -2.38. The number of carbonyl (C=O) groups excluding carboxylic acids is 1. The number of aliphatic carboxylic acids is 1. The second-order valence-electron chi connectivity index (χ2n) is 5.86. The molecular weight excluding hydrogens is 260 g/mol. The fourth-order valence-electron chi connectivity index (χ4n) is 3.41. The summed E-state index contributed by atoms with van der Waals surface area (Å²) in [6, 6.07) is -0.983. The van der Waals surface area contributed by atoms with E-state index in [0.29, 0.717) is 6.54 Å². The average molecular weight is 284 g/mol. The molecule has 4 unspecified atom stereocenters. The standard InChI is InChI=1S/C14H24N2O4/c1-9-5-4-8-16(12(9)13(17)18)14(19)15-10-6-3-7-11(10)20-2/h9-12H,3-8H2,1-2H3,(H,15,19)(H,17,18). The summed E-state index contributed by atoms with van der Waals surface area (Å²) in [4.78, 5) is 25.2. The summed E-state index contributed by atoms with van der Waals surface area (Å²) < 4.78 is 5.36. The second-order valence-corrected chi connectivity index (χ2v) is 5.86. The van der Waals surface area contributed by atoms with Gasteiger partial charge in [-0.3, -0.25) is 0 Å². The zero-order valence-electron chi connectivity index (χ0n) is 12.2. The van der Waals surface area contributed by atoms with E-state index >= 15 is 0 Å². The van der Waals surface area contributed by atoms with E-state index < -0.39 is 12.0 Å². The molecule has 2 N–H and O–H groups in total. The first-order chi connectivity index (χ1) is 9.54. The van der Waals surface area contributed by atoms with E-state index in [1.807, 2.05) is 6.92 Å². The summed E-state index contributed by atoms with van der Waals surface area (Å²) in [7, 11) is 1.65. The Morgan fingerprint density at radius 3 is 2.65 bits per heavy atom. The van der Waals surface area contributed by atoms with Crippen LogP contribution in [0.4, 0.5) is 4.79 Å². The molecule has 0 spiro atoms. The number of carboxylic acids is 1. The van der Waals surface area contributed by atoms with E-state index in [4.69, 9.17) is 4.74 Å². The van der Waals surface area contributed by atoms with Crippen molar-refractivity contribution in [2.24, 2.45) is 5.92 Å². The highest BCUT2D eigenvalue weighted by atomic mass is 16.5. The molecule has 0 bridgehead atoms. The molecule has 2 aliphatic rings. The number of methoxy groups -OCH3 is 1. The van der Waals surface area contributed by atoms with Gasteiger partial charge in [0.15, 0.2) is 0 Å². The lowest BCUT2D eigenvalue weighted by Crippen LogP contribution is -2.57. The molecule has 20 heavy (non-hydrogen) atoms. The number of likely N-dealkylation sites (tertiary alicyclic amines) is 1. The van der Waals surface area contributed by atoms with Gasteiger partial charge in [-0.15, -0.1) is 0 Å². The third-order valence-electron chi connectivity index (χ3n) is 4.51. The van der Waals surface area contributed by atoms with Crippen LogP contribution in [0.1, 0.15) is 39.0 Å². The Balaban J connectivity index is 2.01. The molecule has 2 rings (SSSR count). The molecule has 4 atom stereocenters. The molecule has 0 aromatic heterocycles. The van der Waals surface area contributed by atoms with Crippen LogP contribution in [-0.2, 0) is 9.53 Å². The van der Waals surface area contributed by atoms with E-state index in [0.717, 1.165) is 32.1 Å². The molecule has 0 radical (unpaired) electrons. The predicted molar refractivity (Wildman–Crippen MR) is 73.5 cm³/mol. The van der Waals surface area contributed by atoms with Crippen LogP contribution in [0.15, 0.2) is 0 Å². The average Bonchev–Trinajstić information content (AvgIpc) is 2.85. The van der Waals surface area contributed by atoms with E-state index in [-0.39, 0.29) is 24.1 Å². The van der Waals surface area contributed by atoms with Gasteiger partial charge in [-0.1, -0.05) is 6.92 Å². The molecule has 1 saturated heterocycles. The van der Waals surface area contributed by atoms with Crippen LogP contribution in [0.25, 0.3) is 0 Å². The number of nitrogens with one attached hydrogen (secondary N) is 1. The molecule has 1 aliphatic carbocycles. The number of piperidine rings is 1. The number of carbonyl (C=O) groups is 2. The van der Waals surface area contributed by atoms with Crippen molar-refractivity contribution in [3.8, 4) is 0 Å². The molecule has 0 aromatic rings. The fraction of sp³-hybridized carbons (Fsp3) is 0.857. The van der Waals surface area contributed by atoms with Crippen molar-refractivity contribution < 1.29 is 19.4 Å². The molecular formula is C14H24N2O4. The number of ether oxygens (including phenoxy) is 1. The maximum atomic E-state index is 12.4. The van der Waals surface area contributed by atoms with Crippen molar-refractivity contribution in [2.75, 3.05) is 13.7 Å². The maximum Gasteiger partial charge on any atom is 0.326 e. The van der Waals surface area contributed by atoms with Gasteiger partial charge >= 0.3 is 12.0 Å². The number of hydrogen-bond donors (Lipinski definition) is 2. The van der Waals surface area contributed by atoms with Gasteiger partial charge in [-0.05, 0) is 38.0 Å². The Morgan fingerprint density at radius 2 is 2.00 bits per heavy atom. The topological polar surface area (TPSA) is 78.9 Å². The van der Waals surface area contributed by atoms with Crippen LogP contribution in [0.3, 0.4) is 0 Å². The highest BCUT2D eigenvalue weighted by molar-refractivity contribution is 5.83. The summed E-state index contributed by atoms with van der Waals surface area (Å²) in [5.74, 6) is -0.920. The van der Waals surface area contributed by atoms with E-state index in [1.165, 1.54) is 4.90 Å². The monoisotopic (exact) mass is 284 g/mol. The summed E-state index contributed by atoms with van der Waals surface area (Å²) >= 11 is 0. The first kappa shape index (κ1) is 15.1. The van der Waals surface area contributed by atoms with Crippen molar-refractivity contribution in [3.05, 3.63) is 0 Å². The summed E-state index contributed by atoms with van der Waals surface area (Å²) in [6.45, 7) is 2.41. The van der Waals surface area contributed by atoms with Crippen LogP contribution in [0.2, 0.25) is 0 Å². The van der Waals surface area contributed by atoms with Crippen LogP contribution < -0.4 is 5.32 Å². The minimum atomic E-state index is -0.915. The van der Waals surface area contributed by atoms with E-state index in [2.05, 4.69) is 5.32 Å². The molecule has 2 fully saturated rings. The van der Waals surface area contributed by atoms with Crippen molar-refractivity contribution >= 4 is 12.0 Å². The number of rotatable bonds is 3. The van der Waals surface area contributed by atoms with Crippen molar-refractivity contribution in [1.82, 2.24) is 10.2 Å². The molecule has 114 valence electrons. The van der Waals surface area contributed by atoms with Crippen LogP contribution in [0, 0.1) is 5.92 Å². The smallest absolute Gasteiger partial charge is 0.326 e. The normalized spacial score (nSPS) is 34.0. The summed E-state index contributed by atoms with van der Waals surface area (Å²) in [5, 5.41) is 12.3.